The van der Waals surface area contributed by atoms with Crippen LogP contribution in [-0.4, -0.2) is 14.7 Å². The summed E-state index contributed by atoms with van der Waals surface area (Å²) in [5.74, 6) is 0.457. The summed E-state index contributed by atoms with van der Waals surface area (Å²) in [6, 6.07) is 7.07. The number of hydrogen-bond donors (Lipinski definition) is 0. The van der Waals surface area contributed by atoms with Crippen molar-refractivity contribution in [2.75, 3.05) is 0 Å². The number of aryl methyl sites for hydroxylation is 1. The first-order valence-electron chi connectivity index (χ1n) is 4.68. The Morgan fingerprint density at radius 2 is 2.18 bits per heavy atom. The average molecular weight is 298 g/mol. The molecule has 0 aliphatic carbocycles. The van der Waals surface area contributed by atoms with E-state index in [1.165, 1.54) is 10.9 Å². The van der Waals surface area contributed by atoms with Crippen molar-refractivity contribution in [2.45, 2.75) is 0 Å². The van der Waals surface area contributed by atoms with Crippen molar-refractivity contribution in [3.05, 3.63) is 45.0 Å². The maximum Gasteiger partial charge on any atom is 0.350 e. The van der Waals surface area contributed by atoms with Gasteiger partial charge in [0.15, 0.2) is 0 Å². The van der Waals surface area contributed by atoms with Gasteiger partial charge in [0, 0.05) is 7.05 Å². The van der Waals surface area contributed by atoms with Gasteiger partial charge in [-0.3, -0.25) is 14.8 Å². The van der Waals surface area contributed by atoms with E-state index in [1.807, 2.05) is 6.07 Å². The SMILES string of the molecule is Cn1cc([N+](=O)[O-])c(Oc2ccccc2Br)n1. The first-order valence-corrected chi connectivity index (χ1v) is 5.47. The van der Waals surface area contributed by atoms with E-state index < -0.39 is 4.92 Å². The van der Waals surface area contributed by atoms with Gasteiger partial charge in [0.25, 0.3) is 0 Å². The van der Waals surface area contributed by atoms with Crippen molar-refractivity contribution < 1.29 is 9.66 Å². The fraction of sp³-hybridized carbons (Fsp3) is 0.100. The molecule has 88 valence electrons. The van der Waals surface area contributed by atoms with Crippen LogP contribution in [0.1, 0.15) is 0 Å². The lowest BCUT2D eigenvalue weighted by Crippen LogP contribution is -1.92. The van der Waals surface area contributed by atoms with Gasteiger partial charge < -0.3 is 4.74 Å². The minimum absolute atomic E-state index is 0.0237. The quantitative estimate of drug-likeness (QED) is 0.645. The van der Waals surface area contributed by atoms with Gasteiger partial charge >= 0.3 is 11.6 Å². The third-order valence-corrected chi connectivity index (χ3v) is 2.67. The molecule has 0 aliphatic heterocycles. The number of para-hydroxylation sites is 1. The Kier molecular flexibility index (Phi) is 3.10. The second-order valence-electron chi connectivity index (χ2n) is 3.28. The number of nitrogens with zero attached hydrogens (tertiary/aromatic N) is 3. The lowest BCUT2D eigenvalue weighted by Gasteiger charge is -2.03. The predicted molar refractivity (Wildman–Crippen MR) is 64.1 cm³/mol. The molecule has 0 amide bonds. The van der Waals surface area contributed by atoms with Crippen LogP contribution in [0.5, 0.6) is 11.6 Å². The topological polar surface area (TPSA) is 70.2 Å². The maximum absolute atomic E-state index is 10.8. The van der Waals surface area contributed by atoms with Crippen LogP contribution < -0.4 is 4.74 Å². The van der Waals surface area contributed by atoms with Gasteiger partial charge in [-0.2, -0.15) is 0 Å². The molecule has 0 fully saturated rings. The monoisotopic (exact) mass is 297 g/mol. The van der Waals surface area contributed by atoms with E-state index in [9.17, 15) is 10.1 Å². The van der Waals surface area contributed by atoms with Gasteiger partial charge in [0.05, 0.1) is 9.40 Å². The van der Waals surface area contributed by atoms with Crippen LogP contribution in [0.15, 0.2) is 34.9 Å². The van der Waals surface area contributed by atoms with Crippen molar-refractivity contribution in [3.8, 4) is 11.6 Å². The third-order valence-electron chi connectivity index (χ3n) is 2.02. The highest BCUT2D eigenvalue weighted by molar-refractivity contribution is 9.10. The minimum atomic E-state index is -0.529. The summed E-state index contributed by atoms with van der Waals surface area (Å²) < 4.78 is 7.45. The average Bonchev–Trinajstić information content (AvgIpc) is 2.63. The fourth-order valence-electron chi connectivity index (χ4n) is 1.29. The van der Waals surface area contributed by atoms with Crippen LogP contribution in [-0.2, 0) is 7.05 Å². The van der Waals surface area contributed by atoms with Crippen molar-refractivity contribution in [1.29, 1.82) is 0 Å². The molecule has 17 heavy (non-hydrogen) atoms. The summed E-state index contributed by atoms with van der Waals surface area (Å²) >= 11 is 3.29. The Morgan fingerprint density at radius 3 is 2.82 bits per heavy atom. The number of ether oxygens (including phenoxy) is 1. The van der Waals surface area contributed by atoms with Gasteiger partial charge in [-0.05, 0) is 28.1 Å². The summed E-state index contributed by atoms with van der Waals surface area (Å²) in [6.45, 7) is 0. The molecule has 0 bridgehead atoms. The largest absolute Gasteiger partial charge is 0.431 e. The molecule has 7 heteroatoms. The molecule has 0 atom stereocenters. The van der Waals surface area contributed by atoms with E-state index in [1.54, 1.807) is 25.2 Å². The fourth-order valence-corrected chi connectivity index (χ4v) is 1.65. The molecule has 2 rings (SSSR count). The van der Waals surface area contributed by atoms with Gasteiger partial charge in [0.1, 0.15) is 11.9 Å². The Labute approximate surface area is 105 Å². The van der Waals surface area contributed by atoms with Crippen molar-refractivity contribution in [2.24, 2.45) is 7.05 Å². The van der Waals surface area contributed by atoms with E-state index >= 15 is 0 Å². The van der Waals surface area contributed by atoms with E-state index in [0.29, 0.717) is 10.2 Å². The van der Waals surface area contributed by atoms with Crippen LogP contribution in [0.4, 0.5) is 5.69 Å². The summed E-state index contributed by atoms with van der Waals surface area (Å²) in [4.78, 5) is 10.2. The molecule has 0 saturated heterocycles. The third kappa shape index (κ3) is 2.44. The van der Waals surface area contributed by atoms with E-state index in [2.05, 4.69) is 21.0 Å². The van der Waals surface area contributed by atoms with Gasteiger partial charge in [0.2, 0.25) is 0 Å². The summed E-state index contributed by atoms with van der Waals surface area (Å²) in [5.41, 5.74) is -0.164. The summed E-state index contributed by atoms with van der Waals surface area (Å²) in [5, 5.41) is 14.7. The summed E-state index contributed by atoms with van der Waals surface area (Å²) in [7, 11) is 1.60. The van der Waals surface area contributed by atoms with Crippen LogP contribution in [0.25, 0.3) is 0 Å². The van der Waals surface area contributed by atoms with Gasteiger partial charge in [-0.15, -0.1) is 5.10 Å². The molecular formula is C10H8BrN3O3. The van der Waals surface area contributed by atoms with Gasteiger partial charge in [-0.1, -0.05) is 12.1 Å². The normalized spacial score (nSPS) is 10.2. The molecule has 1 heterocycles. The Morgan fingerprint density at radius 1 is 1.47 bits per heavy atom. The molecular weight excluding hydrogens is 290 g/mol. The zero-order chi connectivity index (χ0) is 12.4. The number of rotatable bonds is 3. The van der Waals surface area contributed by atoms with Crippen molar-refractivity contribution >= 4 is 21.6 Å². The molecule has 0 saturated carbocycles. The first kappa shape index (κ1) is 11.6. The molecule has 2 aromatic rings. The number of halogens is 1. The predicted octanol–water partition coefficient (Wildman–Crippen LogP) is 2.88. The summed E-state index contributed by atoms with van der Waals surface area (Å²) in [6.07, 6.45) is 1.30. The Balaban J connectivity index is 2.36. The molecule has 0 aliphatic rings. The van der Waals surface area contributed by atoms with E-state index in [4.69, 9.17) is 4.74 Å². The highest BCUT2D eigenvalue weighted by Gasteiger charge is 2.21. The molecule has 0 radical (unpaired) electrons. The first-order chi connectivity index (χ1) is 8.08. The van der Waals surface area contributed by atoms with Gasteiger partial charge in [-0.25, -0.2) is 0 Å². The second-order valence-corrected chi connectivity index (χ2v) is 4.14. The zero-order valence-electron chi connectivity index (χ0n) is 8.83. The van der Waals surface area contributed by atoms with E-state index in [0.717, 1.165) is 0 Å². The van der Waals surface area contributed by atoms with Crippen LogP contribution >= 0.6 is 15.9 Å². The minimum Gasteiger partial charge on any atom is -0.431 e. The maximum atomic E-state index is 10.8. The molecule has 0 N–H and O–H groups in total. The standard InChI is InChI=1S/C10H8BrN3O3/c1-13-6-8(14(15)16)10(12-13)17-9-5-3-2-4-7(9)11/h2-6H,1H3. The van der Waals surface area contributed by atoms with Crippen LogP contribution in [0.3, 0.4) is 0 Å². The molecule has 0 unspecified atom stereocenters. The van der Waals surface area contributed by atoms with Crippen molar-refractivity contribution in [3.63, 3.8) is 0 Å². The van der Waals surface area contributed by atoms with E-state index in [-0.39, 0.29) is 11.6 Å². The van der Waals surface area contributed by atoms with Crippen molar-refractivity contribution in [1.82, 2.24) is 9.78 Å². The lowest BCUT2D eigenvalue weighted by molar-refractivity contribution is -0.385. The highest BCUT2D eigenvalue weighted by Crippen LogP contribution is 2.33. The molecule has 1 aromatic heterocycles. The number of aromatic nitrogens is 2. The number of hydrogen-bond acceptors (Lipinski definition) is 4. The Hall–Kier alpha value is -1.89. The van der Waals surface area contributed by atoms with Crippen LogP contribution in [0, 0.1) is 10.1 Å². The molecule has 6 nitrogen and oxygen atoms in total. The molecule has 1 aromatic carbocycles. The zero-order valence-corrected chi connectivity index (χ0v) is 10.4. The highest BCUT2D eigenvalue weighted by atomic mass is 79.9. The number of nitro groups is 1. The van der Waals surface area contributed by atoms with Crippen LogP contribution in [0.2, 0.25) is 0 Å². The second kappa shape index (κ2) is 4.54. The Bertz CT molecular complexity index is 568. The smallest absolute Gasteiger partial charge is 0.350 e. The molecule has 0 spiro atoms. The number of benzene rings is 1. The lowest BCUT2D eigenvalue weighted by atomic mass is 10.3.